The molecule has 1 fully saturated rings. The van der Waals surface area contributed by atoms with Crippen molar-refractivity contribution >= 4 is 5.97 Å². The largest absolute Gasteiger partial charge is 0.460 e. The molecule has 0 aromatic rings. The third-order valence-electron chi connectivity index (χ3n) is 3.01. The lowest BCUT2D eigenvalue weighted by atomic mass is 10.0. The van der Waals surface area contributed by atoms with Gasteiger partial charge in [-0.2, -0.15) is 0 Å². The molecule has 0 aliphatic carbocycles. The molecule has 0 amide bonds. The van der Waals surface area contributed by atoms with Crippen LogP contribution in [-0.2, 0) is 19.0 Å². The lowest BCUT2D eigenvalue weighted by Gasteiger charge is -2.41. The highest BCUT2D eigenvalue weighted by Crippen LogP contribution is 2.30. The number of nitrogens with two attached hydrogens (primary N) is 1. The average molecular weight is 287 g/mol. The summed E-state index contributed by atoms with van der Waals surface area (Å²) in [5.74, 6) is -0.794. The van der Waals surface area contributed by atoms with Crippen LogP contribution < -0.4 is 5.73 Å². The molecule has 118 valence electrons. The first-order valence-electron chi connectivity index (χ1n) is 7.39. The van der Waals surface area contributed by atoms with Crippen LogP contribution >= 0.6 is 0 Å². The van der Waals surface area contributed by atoms with Crippen molar-refractivity contribution in [2.24, 2.45) is 5.73 Å². The fourth-order valence-electron chi connectivity index (χ4n) is 2.43. The third kappa shape index (κ3) is 6.68. The van der Waals surface area contributed by atoms with Crippen LogP contribution in [0.1, 0.15) is 60.3 Å². The Balaban J connectivity index is 2.44. The number of hydrogen-bond acceptors (Lipinski definition) is 5. The summed E-state index contributed by atoms with van der Waals surface area (Å²) in [4.78, 5) is 11.7. The van der Waals surface area contributed by atoms with E-state index in [4.69, 9.17) is 19.9 Å². The Morgan fingerprint density at radius 1 is 1.25 bits per heavy atom. The van der Waals surface area contributed by atoms with Crippen LogP contribution in [0, 0.1) is 0 Å². The van der Waals surface area contributed by atoms with E-state index in [0.717, 1.165) is 12.8 Å². The Bertz CT molecular complexity index is 322. The number of esters is 1. The Morgan fingerprint density at radius 3 is 2.30 bits per heavy atom. The van der Waals surface area contributed by atoms with Gasteiger partial charge in [0.1, 0.15) is 5.60 Å². The Kier molecular flexibility index (Phi) is 5.98. The van der Waals surface area contributed by atoms with Crippen molar-refractivity contribution in [3.05, 3.63) is 0 Å². The molecule has 0 bridgehead atoms. The smallest absolute Gasteiger partial charge is 0.306 e. The van der Waals surface area contributed by atoms with E-state index in [0.29, 0.717) is 19.4 Å². The summed E-state index contributed by atoms with van der Waals surface area (Å²) in [5.41, 5.74) is 5.15. The van der Waals surface area contributed by atoms with Crippen molar-refractivity contribution in [2.75, 3.05) is 6.54 Å². The highest BCUT2D eigenvalue weighted by Gasteiger charge is 2.35. The zero-order valence-electron chi connectivity index (χ0n) is 13.4. The molecule has 0 saturated carbocycles. The van der Waals surface area contributed by atoms with Gasteiger partial charge < -0.3 is 19.9 Å². The van der Waals surface area contributed by atoms with E-state index in [1.165, 1.54) is 0 Å². The molecule has 1 rings (SSSR count). The summed E-state index contributed by atoms with van der Waals surface area (Å²) in [6.07, 6.45) is 2.74. The van der Waals surface area contributed by atoms with Gasteiger partial charge in [-0.1, -0.05) is 0 Å². The normalized spacial score (nSPS) is 26.3. The fourth-order valence-corrected chi connectivity index (χ4v) is 2.43. The van der Waals surface area contributed by atoms with Crippen molar-refractivity contribution < 1.29 is 19.0 Å². The maximum atomic E-state index is 11.7. The summed E-state index contributed by atoms with van der Waals surface area (Å²) >= 11 is 0. The van der Waals surface area contributed by atoms with Crippen molar-refractivity contribution in [1.29, 1.82) is 0 Å². The van der Waals surface area contributed by atoms with Crippen LogP contribution in [0.25, 0.3) is 0 Å². The second-order valence-electron chi connectivity index (χ2n) is 6.82. The number of rotatable bonds is 5. The second-order valence-corrected chi connectivity index (χ2v) is 6.82. The summed E-state index contributed by atoms with van der Waals surface area (Å²) in [7, 11) is 0. The summed E-state index contributed by atoms with van der Waals surface area (Å²) < 4.78 is 17.0. The van der Waals surface area contributed by atoms with Gasteiger partial charge in [0.15, 0.2) is 5.79 Å². The lowest BCUT2D eigenvalue weighted by Crippen LogP contribution is -2.45. The van der Waals surface area contributed by atoms with Crippen molar-refractivity contribution in [3.8, 4) is 0 Å². The summed E-state index contributed by atoms with van der Waals surface area (Å²) in [6, 6.07) is 0. The Labute approximate surface area is 122 Å². The van der Waals surface area contributed by atoms with Gasteiger partial charge in [0.25, 0.3) is 0 Å². The molecule has 0 aromatic carbocycles. The predicted molar refractivity (Wildman–Crippen MR) is 77.2 cm³/mol. The third-order valence-corrected chi connectivity index (χ3v) is 3.01. The molecule has 1 aliphatic rings. The molecule has 1 heterocycles. The maximum absolute atomic E-state index is 11.7. The van der Waals surface area contributed by atoms with Gasteiger partial charge in [0.05, 0.1) is 12.2 Å². The van der Waals surface area contributed by atoms with E-state index >= 15 is 0 Å². The van der Waals surface area contributed by atoms with E-state index in [-0.39, 0.29) is 18.2 Å². The van der Waals surface area contributed by atoms with Crippen LogP contribution in [0.4, 0.5) is 0 Å². The zero-order chi connectivity index (χ0) is 15.4. The van der Waals surface area contributed by atoms with Gasteiger partial charge in [-0.05, 0) is 54.0 Å². The predicted octanol–water partition coefficient (Wildman–Crippen LogP) is 2.37. The summed E-state index contributed by atoms with van der Waals surface area (Å²) in [5, 5.41) is 0. The minimum Gasteiger partial charge on any atom is -0.460 e. The number of carbonyl (C=O) groups is 1. The summed E-state index contributed by atoms with van der Waals surface area (Å²) in [6.45, 7) is 10.0. The zero-order valence-corrected chi connectivity index (χ0v) is 13.4. The molecule has 0 unspecified atom stereocenters. The van der Waals surface area contributed by atoms with E-state index < -0.39 is 11.4 Å². The van der Waals surface area contributed by atoms with E-state index in [1.807, 2.05) is 34.6 Å². The average Bonchev–Trinajstić information content (AvgIpc) is 2.22. The second kappa shape index (κ2) is 6.87. The monoisotopic (exact) mass is 287 g/mol. The molecule has 2 atom stereocenters. The van der Waals surface area contributed by atoms with Gasteiger partial charge in [0, 0.05) is 12.8 Å². The molecule has 20 heavy (non-hydrogen) atoms. The molecule has 2 N–H and O–H groups in total. The number of ether oxygens (including phenoxy) is 3. The standard InChI is InChI=1S/C15H29NO4/c1-14(2,3)20-13(17)7-6-11-10-12(8-9-16)19-15(4,5)18-11/h11-12H,6-10,16H2,1-5H3/t11-,12+/m0/s1. The molecule has 0 radical (unpaired) electrons. The highest BCUT2D eigenvalue weighted by molar-refractivity contribution is 5.69. The maximum Gasteiger partial charge on any atom is 0.306 e. The van der Waals surface area contributed by atoms with E-state index in [2.05, 4.69) is 0 Å². The van der Waals surface area contributed by atoms with Crippen LogP contribution in [0.3, 0.4) is 0 Å². The molecule has 1 aliphatic heterocycles. The first-order chi connectivity index (χ1) is 9.11. The van der Waals surface area contributed by atoms with Crippen LogP contribution in [0.5, 0.6) is 0 Å². The minimum atomic E-state index is -0.614. The van der Waals surface area contributed by atoms with Crippen molar-refractivity contribution in [2.45, 2.75) is 83.9 Å². The first-order valence-corrected chi connectivity index (χ1v) is 7.39. The highest BCUT2D eigenvalue weighted by atomic mass is 16.7. The first kappa shape index (κ1) is 17.4. The van der Waals surface area contributed by atoms with Crippen LogP contribution in [-0.4, -0.2) is 36.1 Å². The number of carbonyl (C=O) groups excluding carboxylic acids is 1. The van der Waals surface area contributed by atoms with Gasteiger partial charge in [-0.25, -0.2) is 0 Å². The molecule has 1 saturated heterocycles. The molecule has 5 heteroatoms. The molecule has 0 spiro atoms. The van der Waals surface area contributed by atoms with Crippen LogP contribution in [0.15, 0.2) is 0 Å². The molecule has 5 nitrogen and oxygen atoms in total. The van der Waals surface area contributed by atoms with E-state index in [1.54, 1.807) is 0 Å². The quantitative estimate of drug-likeness (QED) is 0.786. The van der Waals surface area contributed by atoms with Gasteiger partial charge in [-0.3, -0.25) is 4.79 Å². The molecule has 0 aromatic heterocycles. The van der Waals surface area contributed by atoms with E-state index in [9.17, 15) is 4.79 Å². The topological polar surface area (TPSA) is 70.8 Å². The van der Waals surface area contributed by atoms with Crippen molar-refractivity contribution in [1.82, 2.24) is 0 Å². The Hall–Kier alpha value is -0.650. The molecular weight excluding hydrogens is 258 g/mol. The van der Waals surface area contributed by atoms with Crippen molar-refractivity contribution in [3.63, 3.8) is 0 Å². The fraction of sp³-hybridized carbons (Fsp3) is 0.933. The van der Waals surface area contributed by atoms with Gasteiger partial charge in [0.2, 0.25) is 0 Å². The van der Waals surface area contributed by atoms with Crippen LogP contribution in [0.2, 0.25) is 0 Å². The van der Waals surface area contributed by atoms with Gasteiger partial charge >= 0.3 is 5.97 Å². The Morgan fingerprint density at radius 2 is 1.80 bits per heavy atom. The lowest BCUT2D eigenvalue weighted by molar-refractivity contribution is -0.300. The SMILES string of the molecule is CC(C)(C)OC(=O)CC[C@H]1C[C@@H](CCN)OC(C)(C)O1. The molecular formula is C15H29NO4. The number of hydrogen-bond donors (Lipinski definition) is 1. The van der Waals surface area contributed by atoms with Gasteiger partial charge in [-0.15, -0.1) is 0 Å². The minimum absolute atomic E-state index is 0.0165.